The highest BCUT2D eigenvalue weighted by atomic mass is 28.4. The number of ether oxygens (including phenoxy) is 2. The van der Waals surface area contributed by atoms with Crippen molar-refractivity contribution in [1.29, 1.82) is 0 Å². The molecule has 0 aliphatic carbocycles. The third kappa shape index (κ3) is 16.5. The van der Waals surface area contributed by atoms with E-state index < -0.39 is 16.6 Å². The molecule has 2 aromatic rings. The number of methoxy groups -OCH3 is 1. The zero-order chi connectivity index (χ0) is 30.8. The van der Waals surface area contributed by atoms with E-state index in [9.17, 15) is 9.59 Å². The highest BCUT2D eigenvalue weighted by molar-refractivity contribution is 6.84. The number of Topliss-reactive ketones (excluding diaryl/α,β-unsaturated/α-hetero) is 1. The molecule has 0 spiro atoms. The Morgan fingerprint density at radius 3 is 1.50 bits per heavy atom. The van der Waals surface area contributed by atoms with Crippen molar-refractivity contribution in [1.82, 2.24) is 0 Å². The molecule has 0 bridgehead atoms. The van der Waals surface area contributed by atoms with E-state index in [2.05, 4.69) is 50.5 Å². The van der Waals surface area contributed by atoms with E-state index in [1.807, 2.05) is 24.3 Å². The first-order valence-corrected chi connectivity index (χ1v) is 22.2. The van der Waals surface area contributed by atoms with E-state index in [1.54, 1.807) is 14.0 Å². The average Bonchev–Trinajstić information content (AvgIpc) is 2.91. The molecule has 2 rings (SSSR count). The highest BCUT2D eigenvalue weighted by Gasteiger charge is 2.32. The summed E-state index contributed by atoms with van der Waals surface area (Å²) in [4.78, 5) is 23.6. The Labute approximate surface area is 258 Å². The topological polar surface area (TPSA) is 61.8 Å². The second kappa shape index (κ2) is 19.3. The zero-order valence-corrected chi connectivity index (χ0v) is 29.3. The number of rotatable bonds is 22. The molecule has 0 aromatic heterocycles. The lowest BCUT2D eigenvalue weighted by Crippen LogP contribution is -2.44. The van der Waals surface area contributed by atoms with Gasteiger partial charge < -0.3 is 13.6 Å². The van der Waals surface area contributed by atoms with Crippen molar-refractivity contribution >= 4 is 28.4 Å². The number of carbonyl (C=O) groups is 2. The minimum atomic E-state index is -1.64. The van der Waals surface area contributed by atoms with Crippen LogP contribution in [0, 0.1) is 0 Å². The predicted octanol–water partition coefficient (Wildman–Crippen LogP) is 8.69. The van der Waals surface area contributed by atoms with Gasteiger partial charge in [0.05, 0.1) is 13.0 Å². The SMILES string of the molecule is COCCCCCC[Si](C)(C)O[Si](C)(C)CCCCCCOC(=O)Cc1ccc(Cc2ccc(CC(C)=O)cc2)cc1. The van der Waals surface area contributed by atoms with Gasteiger partial charge >= 0.3 is 5.97 Å². The fourth-order valence-electron chi connectivity index (χ4n) is 5.48. The summed E-state index contributed by atoms with van der Waals surface area (Å²) in [5.41, 5.74) is 4.43. The Morgan fingerprint density at radius 1 is 0.595 bits per heavy atom. The molecule has 0 N–H and O–H groups in total. The molecular weight excluding hydrogens is 557 g/mol. The molecular formula is C35H56O5Si2. The fourth-order valence-corrected chi connectivity index (χ4v) is 14.5. The molecule has 0 radical (unpaired) electrons. The van der Waals surface area contributed by atoms with E-state index in [-0.39, 0.29) is 11.8 Å². The zero-order valence-electron chi connectivity index (χ0n) is 27.3. The Bertz CT molecular complexity index is 1050. The van der Waals surface area contributed by atoms with Crippen LogP contribution in [0.2, 0.25) is 38.3 Å². The first kappa shape index (κ1) is 36.1. The van der Waals surface area contributed by atoms with Gasteiger partial charge in [0.1, 0.15) is 5.78 Å². The Morgan fingerprint density at radius 2 is 1.02 bits per heavy atom. The number of esters is 1. The van der Waals surface area contributed by atoms with Gasteiger partial charge in [-0.15, -0.1) is 0 Å². The average molecular weight is 613 g/mol. The van der Waals surface area contributed by atoms with Crippen LogP contribution in [-0.4, -0.2) is 48.7 Å². The van der Waals surface area contributed by atoms with E-state index in [0.29, 0.717) is 19.4 Å². The summed E-state index contributed by atoms with van der Waals surface area (Å²) in [6, 6.07) is 18.9. The largest absolute Gasteiger partial charge is 0.465 e. The van der Waals surface area contributed by atoms with Crippen molar-refractivity contribution in [3.8, 4) is 0 Å². The van der Waals surface area contributed by atoms with Crippen LogP contribution in [-0.2, 0) is 42.4 Å². The van der Waals surface area contributed by atoms with Crippen LogP contribution < -0.4 is 0 Å². The smallest absolute Gasteiger partial charge is 0.310 e. The van der Waals surface area contributed by atoms with Gasteiger partial charge in [-0.25, -0.2) is 0 Å². The summed E-state index contributed by atoms with van der Waals surface area (Å²) in [6.07, 6.45) is 11.0. The lowest BCUT2D eigenvalue weighted by molar-refractivity contribution is -0.143. The Kier molecular flexibility index (Phi) is 16.6. The number of hydrogen-bond acceptors (Lipinski definition) is 5. The monoisotopic (exact) mass is 612 g/mol. The summed E-state index contributed by atoms with van der Waals surface area (Å²) in [5.74, 6) is 0.0207. The molecule has 0 unspecified atom stereocenters. The molecule has 0 aliphatic rings. The minimum absolute atomic E-state index is 0.156. The lowest BCUT2D eigenvalue weighted by atomic mass is 10.0. The maximum Gasteiger partial charge on any atom is 0.310 e. The van der Waals surface area contributed by atoms with Crippen molar-refractivity contribution in [3.63, 3.8) is 0 Å². The van der Waals surface area contributed by atoms with Gasteiger partial charge in [0.15, 0.2) is 16.6 Å². The van der Waals surface area contributed by atoms with Gasteiger partial charge in [0.25, 0.3) is 0 Å². The third-order valence-corrected chi connectivity index (χ3v) is 15.2. The number of ketones is 1. The van der Waals surface area contributed by atoms with Crippen molar-refractivity contribution in [3.05, 3.63) is 70.8 Å². The third-order valence-electron chi connectivity index (χ3n) is 7.62. The Hall–Kier alpha value is -2.07. The molecule has 0 saturated carbocycles. The van der Waals surface area contributed by atoms with Crippen LogP contribution in [0.4, 0.5) is 0 Å². The number of carbonyl (C=O) groups excluding carboxylic acids is 2. The van der Waals surface area contributed by atoms with E-state index in [1.165, 1.54) is 55.3 Å². The molecule has 7 heteroatoms. The molecule has 0 heterocycles. The van der Waals surface area contributed by atoms with Crippen LogP contribution in [0.15, 0.2) is 48.5 Å². The second-order valence-electron chi connectivity index (χ2n) is 13.0. The van der Waals surface area contributed by atoms with Crippen LogP contribution in [0.25, 0.3) is 0 Å². The Balaban J connectivity index is 1.57. The van der Waals surface area contributed by atoms with Crippen LogP contribution in [0.1, 0.15) is 80.5 Å². The van der Waals surface area contributed by atoms with Crippen LogP contribution >= 0.6 is 0 Å². The molecule has 2 aromatic carbocycles. The summed E-state index contributed by atoms with van der Waals surface area (Å²) in [5, 5.41) is 0. The molecule has 0 saturated heterocycles. The van der Waals surface area contributed by atoms with Gasteiger partial charge in [-0.2, -0.15) is 0 Å². The van der Waals surface area contributed by atoms with Crippen molar-refractivity contribution in [2.24, 2.45) is 0 Å². The molecule has 0 fully saturated rings. The maximum atomic E-state index is 12.3. The normalized spacial score (nSPS) is 12.0. The first-order valence-electron chi connectivity index (χ1n) is 16.0. The summed E-state index contributed by atoms with van der Waals surface area (Å²) in [6.45, 7) is 12.5. The van der Waals surface area contributed by atoms with E-state index >= 15 is 0 Å². The van der Waals surface area contributed by atoms with Crippen LogP contribution in [0.5, 0.6) is 0 Å². The highest BCUT2D eigenvalue weighted by Crippen LogP contribution is 2.25. The van der Waals surface area contributed by atoms with E-state index in [0.717, 1.165) is 43.4 Å². The molecule has 42 heavy (non-hydrogen) atoms. The summed E-state index contributed by atoms with van der Waals surface area (Å²) in [7, 11) is -1.46. The van der Waals surface area contributed by atoms with E-state index in [4.69, 9.17) is 13.6 Å². The summed E-state index contributed by atoms with van der Waals surface area (Å²) >= 11 is 0. The molecule has 0 amide bonds. The van der Waals surface area contributed by atoms with Gasteiger partial charge in [-0.3, -0.25) is 9.59 Å². The number of unbranched alkanes of at least 4 members (excludes halogenated alkanes) is 6. The lowest BCUT2D eigenvalue weighted by Gasteiger charge is -2.34. The quantitative estimate of drug-likeness (QED) is 0.0756. The summed E-state index contributed by atoms with van der Waals surface area (Å²) < 4.78 is 17.5. The standard InChI is InChI=1S/C35H56O5Si2/c1-30(36)27-31-15-17-32(18-16-31)28-33-19-21-34(22-20-33)29-35(37)39-24-12-8-10-14-26-42(5,6)40-41(3,4)25-13-9-7-11-23-38-2/h15-22H,7-14,23-29H2,1-6H3. The van der Waals surface area contributed by atoms with Crippen LogP contribution in [0.3, 0.4) is 0 Å². The van der Waals surface area contributed by atoms with Gasteiger partial charge in [-0.1, -0.05) is 87.1 Å². The maximum absolute atomic E-state index is 12.3. The molecule has 5 nitrogen and oxygen atoms in total. The minimum Gasteiger partial charge on any atom is -0.465 e. The number of hydrogen-bond donors (Lipinski definition) is 0. The molecule has 0 atom stereocenters. The molecule has 0 aliphatic heterocycles. The van der Waals surface area contributed by atoms with Crippen molar-refractivity contribution in [2.75, 3.05) is 20.3 Å². The second-order valence-corrected chi connectivity index (χ2v) is 21.9. The number of benzene rings is 2. The van der Waals surface area contributed by atoms with Gasteiger partial charge in [0, 0.05) is 20.1 Å². The first-order chi connectivity index (χ1) is 20.0. The predicted molar refractivity (Wildman–Crippen MR) is 179 cm³/mol. The fraction of sp³-hybridized carbons (Fsp3) is 0.600. The van der Waals surface area contributed by atoms with Gasteiger partial charge in [-0.05, 0) is 86.7 Å². The molecule has 234 valence electrons. The van der Waals surface area contributed by atoms with Gasteiger partial charge in [0.2, 0.25) is 0 Å². The van der Waals surface area contributed by atoms with Crippen molar-refractivity contribution < 1.29 is 23.2 Å². The van der Waals surface area contributed by atoms with Crippen molar-refractivity contribution in [2.45, 2.75) is 116 Å².